The fourth-order valence-electron chi connectivity index (χ4n) is 5.52. The van der Waals surface area contributed by atoms with Gasteiger partial charge in [-0.05, 0) is 70.9 Å². The Labute approximate surface area is 265 Å². The van der Waals surface area contributed by atoms with Crippen molar-refractivity contribution in [3.8, 4) is 11.5 Å². The molecule has 0 aliphatic carbocycles. The van der Waals surface area contributed by atoms with Crippen LogP contribution in [0.1, 0.15) is 29.0 Å². The van der Waals surface area contributed by atoms with Crippen molar-refractivity contribution in [1.82, 2.24) is 4.90 Å². The number of rotatable bonds is 13. The van der Waals surface area contributed by atoms with Gasteiger partial charge in [0.2, 0.25) is 0 Å². The molecule has 1 saturated heterocycles. The van der Waals surface area contributed by atoms with Crippen LogP contribution in [-0.4, -0.2) is 51.7 Å². The minimum atomic E-state index is -1.22. The number of piperidine rings is 1. The third-order valence-corrected chi connectivity index (χ3v) is 9.77. The molecule has 4 aromatic carbocycles. The van der Waals surface area contributed by atoms with Crippen molar-refractivity contribution < 1.29 is 33.2 Å². The van der Waals surface area contributed by atoms with Crippen molar-refractivity contribution in [2.45, 2.75) is 57.3 Å². The van der Waals surface area contributed by atoms with Crippen molar-refractivity contribution in [1.29, 1.82) is 0 Å². The van der Waals surface area contributed by atoms with Gasteiger partial charge in [-0.3, -0.25) is 0 Å². The van der Waals surface area contributed by atoms with Crippen molar-refractivity contribution in [3.63, 3.8) is 0 Å². The highest BCUT2D eigenvalue weighted by atomic mass is 28.3. The van der Waals surface area contributed by atoms with Crippen LogP contribution >= 0.6 is 0 Å². The van der Waals surface area contributed by atoms with Crippen LogP contribution < -0.4 is 14.6 Å². The summed E-state index contributed by atoms with van der Waals surface area (Å²) >= 11 is 0. The number of benzene rings is 4. The van der Waals surface area contributed by atoms with Crippen LogP contribution in [-0.2, 0) is 22.7 Å². The molecule has 4 aromatic rings. The van der Waals surface area contributed by atoms with Crippen LogP contribution in [0.3, 0.4) is 0 Å². The maximum atomic E-state index is 13.6. The zero-order chi connectivity index (χ0) is 31.8. The highest BCUT2D eigenvalue weighted by molar-refractivity contribution is 6.76. The second kappa shape index (κ2) is 14.9. The highest BCUT2D eigenvalue weighted by Gasteiger charge is 2.31. The Morgan fingerprint density at radius 3 is 2.51 bits per heavy atom. The van der Waals surface area contributed by atoms with E-state index in [4.69, 9.17) is 18.9 Å². The molecule has 7 nitrogen and oxygen atoms in total. The largest absolute Gasteiger partial charge is 0.530 e. The van der Waals surface area contributed by atoms with Gasteiger partial charge in [-0.15, -0.1) is 0 Å². The lowest BCUT2D eigenvalue weighted by molar-refractivity contribution is -0.268. The second-order valence-electron chi connectivity index (χ2n) is 12.7. The molecule has 2 atom stereocenters. The highest BCUT2D eigenvalue weighted by Crippen LogP contribution is 2.33. The first-order chi connectivity index (χ1) is 21.6. The number of amides is 1. The number of ether oxygens (including phenoxy) is 4. The summed E-state index contributed by atoms with van der Waals surface area (Å²) in [5.41, 5.74) is 2.79. The zero-order valence-corrected chi connectivity index (χ0v) is 27.2. The predicted octanol–water partition coefficient (Wildman–Crippen LogP) is 6.97. The third-order valence-electron chi connectivity index (χ3n) is 8.06. The average Bonchev–Trinajstić information content (AvgIpc) is 3.02. The molecule has 1 fully saturated rings. The summed E-state index contributed by atoms with van der Waals surface area (Å²) in [6.07, 6.45) is -1.07. The van der Waals surface area contributed by atoms with Crippen LogP contribution in [0.2, 0.25) is 25.7 Å². The Morgan fingerprint density at radius 2 is 1.73 bits per heavy atom. The summed E-state index contributed by atoms with van der Waals surface area (Å²) in [4.78, 5) is 12.9. The standard InChI is InChI=1S/C36H42FNO6Si/c1-45(2,3)18-17-41-25-44-31-9-6-7-26(20-31)23-42-34-21-27(19-29-8-4-5-10-32(29)34)24-43-35-22-38(36(39)40)16-15-33(35)28-11-13-30(37)14-12-28/h4-14,19-21,33,35H,15-18,22-25H2,1-3H3,(H,39,40)/p-1. The first-order valence-corrected chi connectivity index (χ1v) is 19.1. The van der Waals surface area contributed by atoms with Gasteiger partial charge in [0.1, 0.15) is 30.0 Å². The Morgan fingerprint density at radius 1 is 0.933 bits per heavy atom. The van der Waals surface area contributed by atoms with Crippen LogP contribution in [0.5, 0.6) is 11.5 Å². The first kappa shape index (κ1) is 32.5. The number of hydrogen-bond donors (Lipinski definition) is 0. The van der Waals surface area contributed by atoms with Crippen molar-refractivity contribution in [3.05, 3.63) is 107 Å². The van der Waals surface area contributed by atoms with Gasteiger partial charge in [-0.1, -0.05) is 68.2 Å². The molecule has 0 aromatic heterocycles. The van der Waals surface area contributed by atoms with E-state index >= 15 is 0 Å². The lowest BCUT2D eigenvalue weighted by atomic mass is 9.87. The van der Waals surface area contributed by atoms with E-state index < -0.39 is 20.3 Å². The zero-order valence-electron chi connectivity index (χ0n) is 26.2. The van der Waals surface area contributed by atoms with Crippen LogP contribution in [0.15, 0.2) is 84.9 Å². The minimum absolute atomic E-state index is 0.0717. The number of halogens is 1. The minimum Gasteiger partial charge on any atom is -0.530 e. The van der Waals surface area contributed by atoms with Crippen LogP contribution in [0, 0.1) is 5.82 Å². The Balaban J connectivity index is 1.26. The van der Waals surface area contributed by atoms with Crippen molar-refractivity contribution in [2.24, 2.45) is 0 Å². The maximum absolute atomic E-state index is 13.6. The topological polar surface area (TPSA) is 80.3 Å². The summed E-state index contributed by atoms with van der Waals surface area (Å²) in [5, 5.41) is 13.6. The van der Waals surface area contributed by atoms with Crippen LogP contribution in [0.25, 0.3) is 10.8 Å². The lowest BCUT2D eigenvalue weighted by Crippen LogP contribution is -2.51. The van der Waals surface area contributed by atoms with E-state index in [-0.39, 0.29) is 31.7 Å². The monoisotopic (exact) mass is 630 g/mol. The Bertz CT molecular complexity index is 1570. The summed E-state index contributed by atoms with van der Waals surface area (Å²) in [6, 6.07) is 27.3. The van der Waals surface area contributed by atoms with Gasteiger partial charge in [0.15, 0.2) is 6.79 Å². The molecule has 0 bridgehead atoms. The fraction of sp³-hybridized carbons (Fsp3) is 0.361. The molecule has 2 unspecified atom stereocenters. The molecule has 5 rings (SSSR count). The predicted molar refractivity (Wildman–Crippen MR) is 174 cm³/mol. The van der Waals surface area contributed by atoms with E-state index in [1.54, 1.807) is 12.1 Å². The normalized spacial score (nSPS) is 16.9. The molecule has 0 N–H and O–H groups in total. The van der Waals surface area contributed by atoms with Gasteiger partial charge in [0.05, 0.1) is 12.7 Å². The van der Waals surface area contributed by atoms with E-state index in [2.05, 4.69) is 25.7 Å². The molecule has 0 radical (unpaired) electrons. The molecule has 1 aliphatic heterocycles. The quantitative estimate of drug-likeness (QED) is 0.0902. The van der Waals surface area contributed by atoms with Crippen molar-refractivity contribution in [2.75, 3.05) is 26.5 Å². The van der Waals surface area contributed by atoms with Gasteiger partial charge in [-0.25, -0.2) is 4.39 Å². The molecular formula is C36H41FNO6Si-. The number of carbonyl (C=O) groups excluding carboxylic acids is 1. The molecule has 1 aliphatic rings. The SMILES string of the molecule is C[Si](C)(C)CCOCOc1cccc(COc2cc(COC3CN(C(=O)[O-])CCC3c3ccc(F)cc3)cc3ccccc23)c1. The number of likely N-dealkylation sites (tertiary alicyclic amines) is 1. The molecule has 1 amide bonds. The second-order valence-corrected chi connectivity index (χ2v) is 18.4. The number of carbonyl (C=O) groups is 1. The lowest BCUT2D eigenvalue weighted by Gasteiger charge is -2.40. The van der Waals surface area contributed by atoms with E-state index in [1.807, 2.05) is 54.6 Å². The molecular weight excluding hydrogens is 589 g/mol. The van der Waals surface area contributed by atoms with Crippen molar-refractivity contribution >= 4 is 24.9 Å². The summed E-state index contributed by atoms with van der Waals surface area (Å²) in [7, 11) is -1.14. The average molecular weight is 631 g/mol. The first-order valence-electron chi connectivity index (χ1n) is 15.4. The molecule has 0 saturated carbocycles. The molecule has 238 valence electrons. The third kappa shape index (κ3) is 9.29. The van der Waals surface area contributed by atoms with Gasteiger partial charge in [0, 0.05) is 39.1 Å². The number of hydrogen-bond acceptors (Lipinski definition) is 6. The fourth-order valence-corrected chi connectivity index (χ4v) is 6.27. The van der Waals surface area contributed by atoms with E-state index in [0.717, 1.165) is 45.0 Å². The van der Waals surface area contributed by atoms with E-state index in [9.17, 15) is 14.3 Å². The van der Waals surface area contributed by atoms with Crippen LogP contribution in [0.4, 0.5) is 9.18 Å². The summed E-state index contributed by atoms with van der Waals surface area (Å²) in [6.45, 7) is 9.01. The maximum Gasteiger partial charge on any atom is 0.189 e. The Kier molecular flexibility index (Phi) is 10.8. The Hall–Kier alpha value is -3.92. The molecule has 0 spiro atoms. The molecule has 1 heterocycles. The van der Waals surface area contributed by atoms with Gasteiger partial charge >= 0.3 is 0 Å². The van der Waals surface area contributed by atoms with E-state index in [1.165, 1.54) is 17.0 Å². The summed E-state index contributed by atoms with van der Waals surface area (Å²) < 4.78 is 37.9. The van der Waals surface area contributed by atoms with E-state index in [0.29, 0.717) is 26.2 Å². The number of carboxylic acid groups (broad SMARTS) is 1. The number of nitrogens with zero attached hydrogens (tertiary/aromatic N) is 1. The summed E-state index contributed by atoms with van der Waals surface area (Å²) in [5.74, 6) is 1.07. The van der Waals surface area contributed by atoms with Gasteiger partial charge in [-0.2, -0.15) is 0 Å². The van der Waals surface area contributed by atoms with Gasteiger partial charge in [0.25, 0.3) is 0 Å². The van der Waals surface area contributed by atoms with Gasteiger partial charge < -0.3 is 33.7 Å². The molecule has 9 heteroatoms. The number of fused-ring (bicyclic) bond motifs is 1. The smallest absolute Gasteiger partial charge is 0.189 e. The molecule has 45 heavy (non-hydrogen) atoms.